The van der Waals surface area contributed by atoms with Gasteiger partial charge in [0.05, 0.1) is 28.4 Å². The number of carboxylic acid groups (broad SMARTS) is 1. The standard InChI is InChI=1S/C26H32N4O6S/c1-4-5-9-29(12-17-14-37-25-15(2)24(34)30(25)21(17)26(35)36)10-8-27-23(33)16-6-7-19-18(11-16)22(32)20(31)13-28(19)3/h6-7,11,13,15,25,31H,4-5,8-10,12,14H2,1-3H3,(H,27,33)(H,35,36). The van der Waals surface area contributed by atoms with Crippen LogP contribution in [0, 0.1) is 5.92 Å². The van der Waals surface area contributed by atoms with Crippen LogP contribution in [0.15, 0.2) is 40.5 Å². The van der Waals surface area contributed by atoms with Gasteiger partial charge in [-0.15, -0.1) is 11.8 Å². The van der Waals surface area contributed by atoms with Crippen LogP contribution in [-0.2, 0) is 16.6 Å². The van der Waals surface area contributed by atoms with Crippen molar-refractivity contribution >= 4 is 40.4 Å². The third-order valence-corrected chi connectivity index (χ3v) is 8.38. The van der Waals surface area contributed by atoms with Gasteiger partial charge in [-0.3, -0.25) is 24.2 Å². The smallest absolute Gasteiger partial charge is 0.352 e. The SMILES string of the molecule is CCCCN(CCNC(=O)c1ccc2c(c1)c(=O)c(O)cn2C)CC1=C(C(=O)O)N2C(=O)C(C)C2SC1. The normalized spacial score (nSPS) is 19.2. The first-order chi connectivity index (χ1) is 17.6. The summed E-state index contributed by atoms with van der Waals surface area (Å²) in [5, 5.41) is 22.7. The van der Waals surface area contributed by atoms with Crippen molar-refractivity contribution in [2.45, 2.75) is 32.1 Å². The van der Waals surface area contributed by atoms with E-state index in [1.54, 1.807) is 35.5 Å². The van der Waals surface area contributed by atoms with E-state index in [2.05, 4.69) is 17.1 Å². The number of carbonyl (C=O) groups excluding carboxylic acids is 2. The third kappa shape index (κ3) is 5.24. The van der Waals surface area contributed by atoms with E-state index < -0.39 is 11.4 Å². The van der Waals surface area contributed by atoms with Gasteiger partial charge in [0.2, 0.25) is 11.3 Å². The lowest BCUT2D eigenvalue weighted by atomic mass is 9.97. The number of nitrogens with zero attached hydrogens (tertiary/aromatic N) is 3. The molecule has 1 fully saturated rings. The Morgan fingerprint density at radius 1 is 1.24 bits per heavy atom. The van der Waals surface area contributed by atoms with E-state index in [0.717, 1.165) is 19.4 Å². The molecule has 1 aromatic heterocycles. The number of nitrogens with one attached hydrogen (secondary N) is 1. The average molecular weight is 529 g/mol. The maximum absolute atomic E-state index is 12.8. The Morgan fingerprint density at radius 3 is 2.70 bits per heavy atom. The van der Waals surface area contributed by atoms with Crippen molar-refractivity contribution in [3.05, 3.63) is 51.5 Å². The van der Waals surface area contributed by atoms with Crippen LogP contribution in [0.25, 0.3) is 10.9 Å². The van der Waals surface area contributed by atoms with Crippen LogP contribution < -0.4 is 10.7 Å². The van der Waals surface area contributed by atoms with E-state index in [4.69, 9.17) is 0 Å². The minimum absolute atomic E-state index is 0.0957. The molecule has 3 heterocycles. The molecule has 0 aliphatic carbocycles. The lowest BCUT2D eigenvalue weighted by molar-refractivity contribution is -0.151. The number of aromatic nitrogens is 1. The number of aromatic hydroxyl groups is 1. The minimum atomic E-state index is -1.09. The number of unbranched alkanes of at least 4 members (excludes halogenated alkanes) is 1. The molecular weight excluding hydrogens is 496 g/mol. The second-order valence-electron chi connectivity index (χ2n) is 9.53. The van der Waals surface area contributed by atoms with Crippen LogP contribution in [-0.4, -0.2) is 79.7 Å². The summed E-state index contributed by atoms with van der Waals surface area (Å²) < 4.78 is 1.62. The molecule has 2 unspecified atom stereocenters. The van der Waals surface area contributed by atoms with Gasteiger partial charge in [0.25, 0.3) is 5.91 Å². The predicted octanol–water partition coefficient (Wildman–Crippen LogP) is 1.97. The summed E-state index contributed by atoms with van der Waals surface area (Å²) in [5.41, 5.74) is 1.19. The number of rotatable bonds is 10. The van der Waals surface area contributed by atoms with Crippen LogP contribution in [0.1, 0.15) is 37.0 Å². The number of fused-ring (bicyclic) bond motifs is 2. The van der Waals surface area contributed by atoms with Gasteiger partial charge >= 0.3 is 5.97 Å². The summed E-state index contributed by atoms with van der Waals surface area (Å²) >= 11 is 1.59. The zero-order chi connectivity index (χ0) is 26.9. The Hall–Kier alpha value is -3.31. The van der Waals surface area contributed by atoms with Gasteiger partial charge in [0, 0.05) is 38.0 Å². The fourth-order valence-electron chi connectivity index (χ4n) is 4.83. The molecule has 37 heavy (non-hydrogen) atoms. The van der Waals surface area contributed by atoms with Gasteiger partial charge in [-0.1, -0.05) is 20.3 Å². The van der Waals surface area contributed by atoms with Crippen molar-refractivity contribution in [1.82, 2.24) is 19.7 Å². The van der Waals surface area contributed by atoms with Gasteiger partial charge in [-0.05, 0) is 36.7 Å². The highest BCUT2D eigenvalue weighted by molar-refractivity contribution is 8.00. The van der Waals surface area contributed by atoms with Crippen LogP contribution in [0.2, 0.25) is 0 Å². The number of benzene rings is 1. The zero-order valence-electron chi connectivity index (χ0n) is 21.2. The molecule has 2 atom stereocenters. The van der Waals surface area contributed by atoms with Crippen LogP contribution in [0.5, 0.6) is 5.75 Å². The number of β-lactam (4-membered cyclic amide) rings is 1. The molecule has 2 amide bonds. The number of aryl methyl sites for hydroxylation is 1. The van der Waals surface area contributed by atoms with Crippen molar-refractivity contribution in [3.8, 4) is 5.75 Å². The largest absolute Gasteiger partial charge is 0.503 e. The Bertz CT molecular complexity index is 1340. The molecule has 11 heteroatoms. The van der Waals surface area contributed by atoms with Crippen molar-refractivity contribution in [2.24, 2.45) is 13.0 Å². The molecule has 198 valence electrons. The molecule has 1 aromatic carbocycles. The minimum Gasteiger partial charge on any atom is -0.503 e. The molecule has 0 saturated carbocycles. The number of carboxylic acids is 1. The average Bonchev–Trinajstić information content (AvgIpc) is 2.88. The second-order valence-corrected chi connectivity index (χ2v) is 10.6. The lowest BCUT2D eigenvalue weighted by Gasteiger charge is -2.48. The van der Waals surface area contributed by atoms with Gasteiger partial charge in [-0.25, -0.2) is 4.79 Å². The highest BCUT2D eigenvalue weighted by Crippen LogP contribution is 2.43. The highest BCUT2D eigenvalue weighted by atomic mass is 32.2. The number of thioether (sulfide) groups is 1. The van der Waals surface area contributed by atoms with E-state index in [-0.39, 0.29) is 39.9 Å². The molecule has 2 aliphatic heterocycles. The summed E-state index contributed by atoms with van der Waals surface area (Å²) in [6, 6.07) is 4.78. The van der Waals surface area contributed by atoms with Gasteiger partial charge < -0.3 is 20.1 Å². The topological polar surface area (TPSA) is 132 Å². The van der Waals surface area contributed by atoms with Crippen LogP contribution >= 0.6 is 11.8 Å². The summed E-state index contributed by atoms with van der Waals surface area (Å²) in [5.74, 6) is -1.59. The van der Waals surface area contributed by atoms with E-state index in [0.29, 0.717) is 42.0 Å². The van der Waals surface area contributed by atoms with E-state index in [1.807, 2.05) is 6.92 Å². The third-order valence-electron chi connectivity index (χ3n) is 6.90. The first kappa shape index (κ1) is 26.7. The summed E-state index contributed by atoms with van der Waals surface area (Å²) in [7, 11) is 1.71. The number of aliphatic carboxylic acids is 1. The first-order valence-corrected chi connectivity index (χ1v) is 13.4. The Kier molecular flexibility index (Phi) is 7.93. The van der Waals surface area contributed by atoms with Gasteiger partial charge in [0.15, 0.2) is 5.75 Å². The summed E-state index contributed by atoms with van der Waals surface area (Å²) in [6.07, 6.45) is 3.21. The zero-order valence-corrected chi connectivity index (χ0v) is 22.0. The molecule has 0 bridgehead atoms. The molecule has 0 radical (unpaired) electrons. The lowest BCUT2D eigenvalue weighted by Crippen LogP contribution is -2.60. The van der Waals surface area contributed by atoms with E-state index in [9.17, 15) is 29.4 Å². The second kappa shape index (κ2) is 11.0. The fraction of sp³-hybridized carbons (Fsp3) is 0.462. The van der Waals surface area contributed by atoms with Crippen LogP contribution in [0.4, 0.5) is 0 Å². The molecule has 1 saturated heterocycles. The van der Waals surface area contributed by atoms with Crippen LogP contribution in [0.3, 0.4) is 0 Å². The number of hydrogen-bond acceptors (Lipinski definition) is 7. The molecule has 2 aliphatic rings. The van der Waals surface area contributed by atoms with E-state index >= 15 is 0 Å². The Balaban J connectivity index is 1.45. The maximum Gasteiger partial charge on any atom is 0.352 e. The highest BCUT2D eigenvalue weighted by Gasteiger charge is 2.51. The van der Waals surface area contributed by atoms with Crippen molar-refractivity contribution in [1.29, 1.82) is 0 Å². The number of hydrogen-bond donors (Lipinski definition) is 3. The maximum atomic E-state index is 12.8. The molecule has 4 rings (SSSR count). The first-order valence-electron chi connectivity index (χ1n) is 12.4. The number of amides is 2. The monoisotopic (exact) mass is 528 g/mol. The Labute approximate surface area is 218 Å². The predicted molar refractivity (Wildman–Crippen MR) is 141 cm³/mol. The number of pyridine rings is 1. The fourth-order valence-corrected chi connectivity index (χ4v) is 6.19. The molecule has 0 spiro atoms. The van der Waals surface area contributed by atoms with Gasteiger partial charge in [0.1, 0.15) is 5.70 Å². The van der Waals surface area contributed by atoms with Crippen molar-refractivity contribution < 1.29 is 24.6 Å². The summed E-state index contributed by atoms with van der Waals surface area (Å²) in [6.45, 7) is 5.85. The molecular formula is C26H32N4O6S. The van der Waals surface area contributed by atoms with Gasteiger partial charge in [-0.2, -0.15) is 0 Å². The van der Waals surface area contributed by atoms with Crippen molar-refractivity contribution in [3.63, 3.8) is 0 Å². The molecule has 2 aromatic rings. The summed E-state index contributed by atoms with van der Waals surface area (Å²) in [4.78, 5) is 53.1. The van der Waals surface area contributed by atoms with Crippen molar-refractivity contribution in [2.75, 3.05) is 31.9 Å². The number of carbonyl (C=O) groups is 3. The quantitative estimate of drug-likeness (QED) is 0.399. The molecule has 3 N–H and O–H groups in total. The van der Waals surface area contributed by atoms with E-state index in [1.165, 1.54) is 17.2 Å². The Morgan fingerprint density at radius 2 is 2.00 bits per heavy atom. The molecule has 10 nitrogen and oxygen atoms in total.